The van der Waals surface area contributed by atoms with Crippen molar-refractivity contribution in [3.8, 4) is 0 Å². The average molecular weight is 359 g/mol. The molecular weight excluding hydrogens is 320 g/mol. The first-order chi connectivity index (χ1) is 12.4. The number of hydrogen-bond donors (Lipinski definition) is 1. The summed E-state index contributed by atoms with van der Waals surface area (Å²) < 4.78 is 0. The molecule has 0 radical (unpaired) electrons. The minimum Gasteiger partial charge on any atom is -0.481 e. The lowest BCUT2D eigenvalue weighted by molar-refractivity contribution is -0.137. The zero-order chi connectivity index (χ0) is 18.5. The Hall–Kier alpha value is -0.790. The summed E-state index contributed by atoms with van der Waals surface area (Å²) >= 11 is 0. The highest BCUT2D eigenvalue weighted by atomic mass is 16.4. The Labute approximate surface area is 159 Å². The van der Waals surface area contributed by atoms with Crippen LogP contribution >= 0.6 is 0 Å². The van der Waals surface area contributed by atoms with E-state index in [4.69, 9.17) is 5.11 Å². The number of allylic oxidation sites excluding steroid dienone is 2. The van der Waals surface area contributed by atoms with E-state index in [1.807, 2.05) is 0 Å². The van der Waals surface area contributed by atoms with Gasteiger partial charge < -0.3 is 5.11 Å². The minimum absolute atomic E-state index is 0.344. The topological polar surface area (TPSA) is 37.3 Å². The molecule has 0 spiro atoms. The van der Waals surface area contributed by atoms with Gasteiger partial charge in [-0.15, -0.1) is 0 Å². The standard InChI is InChI=1S/C24H38O2/c1-16(7-12-22(25)26)19-10-11-20-18-9-8-17-6-4-5-14-23(17,2)21(18)13-15-24(19,20)3/h4,6,16-21H,5,7-15H2,1-3H3,(H,25,26)/t16-,17+,18+,19-,20+,21+,23+,24-/m1/s1. The molecule has 1 N–H and O–H groups in total. The summed E-state index contributed by atoms with van der Waals surface area (Å²) in [6.45, 7) is 7.53. The molecule has 2 nitrogen and oxygen atoms in total. The summed E-state index contributed by atoms with van der Waals surface area (Å²) in [5, 5.41) is 9.09. The van der Waals surface area contributed by atoms with Crippen molar-refractivity contribution in [2.75, 3.05) is 0 Å². The van der Waals surface area contributed by atoms with Crippen LogP contribution in [-0.2, 0) is 4.79 Å². The number of carboxylic acid groups (broad SMARTS) is 1. The Bertz CT molecular complexity index is 581. The number of carboxylic acids is 1. The van der Waals surface area contributed by atoms with Crippen LogP contribution in [0.1, 0.15) is 85.0 Å². The molecule has 0 aromatic carbocycles. The molecular formula is C24H38O2. The summed E-state index contributed by atoms with van der Waals surface area (Å²) in [6.07, 6.45) is 17.3. The molecule has 4 rings (SSSR count). The molecule has 0 amide bonds. The molecule has 3 fully saturated rings. The molecule has 2 heteroatoms. The van der Waals surface area contributed by atoms with Gasteiger partial charge >= 0.3 is 5.97 Å². The quantitative estimate of drug-likeness (QED) is 0.598. The second kappa shape index (κ2) is 6.67. The lowest BCUT2D eigenvalue weighted by Gasteiger charge is -2.60. The fraction of sp³-hybridized carbons (Fsp3) is 0.875. The summed E-state index contributed by atoms with van der Waals surface area (Å²) in [7, 11) is 0. The zero-order valence-electron chi connectivity index (χ0n) is 17.0. The molecule has 8 atom stereocenters. The van der Waals surface area contributed by atoms with Crippen LogP contribution in [0, 0.1) is 46.3 Å². The maximum absolute atomic E-state index is 11.0. The molecule has 0 aliphatic heterocycles. The monoisotopic (exact) mass is 358 g/mol. The van der Waals surface area contributed by atoms with Gasteiger partial charge in [0.1, 0.15) is 0 Å². The van der Waals surface area contributed by atoms with Crippen molar-refractivity contribution in [2.24, 2.45) is 46.3 Å². The van der Waals surface area contributed by atoms with Crippen LogP contribution in [0.25, 0.3) is 0 Å². The number of carbonyl (C=O) groups is 1. The fourth-order valence-corrected chi connectivity index (χ4v) is 8.35. The van der Waals surface area contributed by atoms with Crippen molar-refractivity contribution in [1.82, 2.24) is 0 Å². The van der Waals surface area contributed by atoms with Gasteiger partial charge in [0.15, 0.2) is 0 Å². The number of aliphatic carboxylic acids is 1. The van der Waals surface area contributed by atoms with Gasteiger partial charge in [0, 0.05) is 6.42 Å². The van der Waals surface area contributed by atoms with Gasteiger partial charge in [-0.3, -0.25) is 4.79 Å². The highest BCUT2D eigenvalue weighted by Gasteiger charge is 2.59. The third-order valence-electron chi connectivity index (χ3n) is 9.73. The van der Waals surface area contributed by atoms with Crippen molar-refractivity contribution in [1.29, 1.82) is 0 Å². The molecule has 0 unspecified atom stereocenters. The van der Waals surface area contributed by atoms with Gasteiger partial charge in [0.2, 0.25) is 0 Å². The lowest BCUT2D eigenvalue weighted by atomic mass is 9.45. The van der Waals surface area contributed by atoms with Crippen molar-refractivity contribution in [3.63, 3.8) is 0 Å². The Morgan fingerprint density at radius 3 is 2.62 bits per heavy atom. The third-order valence-corrected chi connectivity index (χ3v) is 9.73. The first kappa shape index (κ1) is 18.6. The van der Waals surface area contributed by atoms with Crippen molar-refractivity contribution >= 4 is 5.97 Å². The summed E-state index contributed by atoms with van der Waals surface area (Å²) in [5.41, 5.74) is 1.01. The van der Waals surface area contributed by atoms with E-state index in [0.717, 1.165) is 36.0 Å². The first-order valence-electron chi connectivity index (χ1n) is 11.2. The molecule has 0 aromatic rings. The molecule has 0 saturated heterocycles. The molecule has 26 heavy (non-hydrogen) atoms. The number of rotatable bonds is 4. The zero-order valence-corrected chi connectivity index (χ0v) is 17.0. The van der Waals surface area contributed by atoms with Gasteiger partial charge in [-0.05, 0) is 104 Å². The van der Waals surface area contributed by atoms with Crippen LogP contribution in [0.4, 0.5) is 0 Å². The van der Waals surface area contributed by atoms with Crippen LogP contribution in [0.5, 0.6) is 0 Å². The molecule has 0 aromatic heterocycles. The predicted octanol–water partition coefficient (Wildman–Crippen LogP) is 6.31. The third kappa shape index (κ3) is 2.78. The van der Waals surface area contributed by atoms with Crippen LogP contribution < -0.4 is 0 Å². The summed E-state index contributed by atoms with van der Waals surface area (Å²) in [4.78, 5) is 11.0. The Balaban J connectivity index is 1.53. The highest BCUT2D eigenvalue weighted by molar-refractivity contribution is 5.66. The molecule has 146 valence electrons. The first-order valence-corrected chi connectivity index (χ1v) is 11.2. The molecule has 0 bridgehead atoms. The SMILES string of the molecule is C[C@H](CCC(=O)O)[C@H]1CC[C@H]2[C@@H]3CC[C@@H]4C=CCC[C@]4(C)[C@H]3CC[C@]12C. The predicted molar refractivity (Wildman–Crippen MR) is 106 cm³/mol. The highest BCUT2D eigenvalue weighted by Crippen LogP contribution is 2.67. The van der Waals surface area contributed by atoms with E-state index in [1.54, 1.807) is 0 Å². The van der Waals surface area contributed by atoms with Gasteiger partial charge in [-0.2, -0.15) is 0 Å². The molecule has 4 aliphatic carbocycles. The van der Waals surface area contributed by atoms with Crippen molar-refractivity contribution in [3.05, 3.63) is 12.2 Å². The smallest absolute Gasteiger partial charge is 0.303 e. The van der Waals surface area contributed by atoms with Crippen molar-refractivity contribution < 1.29 is 9.90 Å². The van der Waals surface area contributed by atoms with E-state index < -0.39 is 5.97 Å². The van der Waals surface area contributed by atoms with E-state index in [9.17, 15) is 4.79 Å². The molecule has 3 saturated carbocycles. The van der Waals surface area contributed by atoms with Gasteiger partial charge in [-0.25, -0.2) is 0 Å². The van der Waals surface area contributed by atoms with E-state index in [0.29, 0.717) is 23.2 Å². The number of fused-ring (bicyclic) bond motifs is 5. The van der Waals surface area contributed by atoms with Gasteiger partial charge in [-0.1, -0.05) is 32.9 Å². The van der Waals surface area contributed by atoms with Crippen LogP contribution in [0.3, 0.4) is 0 Å². The van der Waals surface area contributed by atoms with Crippen molar-refractivity contribution in [2.45, 2.75) is 85.0 Å². The maximum atomic E-state index is 11.0. The Morgan fingerprint density at radius 1 is 1.08 bits per heavy atom. The average Bonchev–Trinajstić information content (AvgIpc) is 2.96. The van der Waals surface area contributed by atoms with E-state index in [2.05, 4.69) is 32.9 Å². The Kier molecular flexibility index (Phi) is 4.77. The normalized spacial score (nSPS) is 48.3. The summed E-state index contributed by atoms with van der Waals surface area (Å²) in [6, 6.07) is 0. The second-order valence-corrected chi connectivity index (χ2v) is 10.7. The van der Waals surface area contributed by atoms with Crippen LogP contribution in [-0.4, -0.2) is 11.1 Å². The largest absolute Gasteiger partial charge is 0.481 e. The lowest BCUT2D eigenvalue weighted by Crippen LogP contribution is -2.52. The molecule has 0 heterocycles. The van der Waals surface area contributed by atoms with Crippen LogP contribution in [0.15, 0.2) is 12.2 Å². The fourth-order valence-electron chi connectivity index (χ4n) is 8.35. The van der Waals surface area contributed by atoms with E-state index in [-0.39, 0.29) is 0 Å². The summed E-state index contributed by atoms with van der Waals surface area (Å²) in [5.74, 6) is 4.25. The second-order valence-electron chi connectivity index (χ2n) is 10.7. The van der Waals surface area contributed by atoms with E-state index >= 15 is 0 Å². The minimum atomic E-state index is -0.628. The maximum Gasteiger partial charge on any atom is 0.303 e. The van der Waals surface area contributed by atoms with Gasteiger partial charge in [0.25, 0.3) is 0 Å². The van der Waals surface area contributed by atoms with Crippen LogP contribution in [0.2, 0.25) is 0 Å². The van der Waals surface area contributed by atoms with Gasteiger partial charge in [0.05, 0.1) is 0 Å². The Morgan fingerprint density at radius 2 is 1.85 bits per heavy atom. The van der Waals surface area contributed by atoms with E-state index in [1.165, 1.54) is 51.4 Å². The number of hydrogen-bond acceptors (Lipinski definition) is 1. The molecule has 4 aliphatic rings.